The molecule has 0 aliphatic heterocycles. The molecule has 0 aromatic heterocycles. The van der Waals surface area contributed by atoms with Crippen LogP contribution in [0.4, 0.5) is 0 Å². The fourth-order valence-corrected chi connectivity index (χ4v) is 0.363. The van der Waals surface area contributed by atoms with E-state index >= 15 is 0 Å². The largest absolute Gasteiger partial charge is 0.462 e. The molecule has 0 heterocycles. The molecule has 0 aromatic carbocycles. The van der Waals surface area contributed by atoms with Gasteiger partial charge in [-0.05, 0) is 5.37 Å². The first-order chi connectivity index (χ1) is 4.31. The SMILES string of the molecule is C=CC(=O)OCCC=S. The van der Waals surface area contributed by atoms with E-state index in [4.69, 9.17) is 0 Å². The van der Waals surface area contributed by atoms with Crippen molar-refractivity contribution >= 4 is 23.6 Å². The minimum atomic E-state index is -0.396. The minimum Gasteiger partial charge on any atom is -0.462 e. The zero-order valence-corrected chi connectivity index (χ0v) is 5.82. The third-order valence-corrected chi connectivity index (χ3v) is 0.882. The van der Waals surface area contributed by atoms with Gasteiger partial charge in [0.05, 0.1) is 6.61 Å². The lowest BCUT2D eigenvalue weighted by Crippen LogP contribution is -2.01. The molecule has 3 heteroatoms. The second-order valence-corrected chi connectivity index (χ2v) is 1.66. The Morgan fingerprint density at radius 3 is 2.89 bits per heavy atom. The molecule has 0 aliphatic carbocycles. The van der Waals surface area contributed by atoms with Crippen LogP contribution >= 0.6 is 12.2 Å². The number of carbonyl (C=O) groups excluding carboxylic acids is 1. The summed E-state index contributed by atoms with van der Waals surface area (Å²) in [6.45, 7) is 3.58. The highest BCUT2D eigenvalue weighted by molar-refractivity contribution is 7.78. The van der Waals surface area contributed by atoms with E-state index < -0.39 is 5.97 Å². The van der Waals surface area contributed by atoms with E-state index in [-0.39, 0.29) is 0 Å². The van der Waals surface area contributed by atoms with E-state index in [1.165, 1.54) is 5.37 Å². The number of carbonyl (C=O) groups is 1. The Morgan fingerprint density at radius 2 is 2.44 bits per heavy atom. The molecule has 0 fully saturated rings. The number of hydrogen-bond donors (Lipinski definition) is 0. The lowest BCUT2D eigenvalue weighted by Gasteiger charge is -1.95. The van der Waals surface area contributed by atoms with Crippen LogP contribution in [0.25, 0.3) is 0 Å². The highest BCUT2D eigenvalue weighted by Gasteiger charge is 1.90. The van der Waals surface area contributed by atoms with Gasteiger partial charge in [0, 0.05) is 12.5 Å². The molecule has 0 rings (SSSR count). The van der Waals surface area contributed by atoms with Crippen molar-refractivity contribution in [2.45, 2.75) is 6.42 Å². The Hall–Kier alpha value is -0.700. The van der Waals surface area contributed by atoms with Crippen molar-refractivity contribution in [3.63, 3.8) is 0 Å². The van der Waals surface area contributed by atoms with Gasteiger partial charge in [-0.3, -0.25) is 0 Å². The molecule has 0 aliphatic rings. The monoisotopic (exact) mass is 144 g/mol. The van der Waals surface area contributed by atoms with Gasteiger partial charge in [-0.25, -0.2) is 4.79 Å². The van der Waals surface area contributed by atoms with Crippen molar-refractivity contribution in [3.05, 3.63) is 12.7 Å². The second-order valence-electron chi connectivity index (χ2n) is 1.33. The maximum Gasteiger partial charge on any atom is 0.330 e. The third-order valence-electron chi connectivity index (χ3n) is 0.647. The van der Waals surface area contributed by atoms with Crippen LogP contribution in [0.15, 0.2) is 12.7 Å². The maximum atomic E-state index is 10.3. The van der Waals surface area contributed by atoms with Crippen LogP contribution in [0.3, 0.4) is 0 Å². The zero-order valence-electron chi connectivity index (χ0n) is 5.00. The molecule has 0 atom stereocenters. The van der Waals surface area contributed by atoms with Crippen LogP contribution in [0.1, 0.15) is 6.42 Å². The molecule has 0 bridgehead atoms. The summed E-state index contributed by atoms with van der Waals surface area (Å²) in [5.41, 5.74) is 0. The number of thiocarbonyl (C=S) groups is 1. The van der Waals surface area contributed by atoms with E-state index in [1.54, 1.807) is 0 Å². The summed E-state index contributed by atoms with van der Waals surface area (Å²) in [7, 11) is 0. The van der Waals surface area contributed by atoms with Gasteiger partial charge in [-0.2, -0.15) is 0 Å². The highest BCUT2D eigenvalue weighted by Crippen LogP contribution is 1.81. The van der Waals surface area contributed by atoms with Crippen molar-refractivity contribution in [3.8, 4) is 0 Å². The summed E-state index contributed by atoms with van der Waals surface area (Å²) in [5.74, 6) is -0.396. The topological polar surface area (TPSA) is 26.3 Å². The predicted octanol–water partition coefficient (Wildman–Crippen LogP) is 1.11. The Morgan fingerprint density at radius 1 is 1.78 bits per heavy atom. The van der Waals surface area contributed by atoms with Crippen molar-refractivity contribution < 1.29 is 9.53 Å². The molecule has 0 saturated carbocycles. The molecule has 50 valence electrons. The summed E-state index contributed by atoms with van der Waals surface area (Å²) in [4.78, 5) is 10.3. The highest BCUT2D eigenvalue weighted by atomic mass is 32.1. The molecule has 2 nitrogen and oxygen atoms in total. The van der Waals surface area contributed by atoms with E-state index in [1.807, 2.05) is 0 Å². The Bertz CT molecular complexity index is 120. The fraction of sp³-hybridized carbons (Fsp3) is 0.333. The second kappa shape index (κ2) is 5.44. The fourth-order valence-electron chi connectivity index (χ4n) is 0.267. The van der Waals surface area contributed by atoms with Gasteiger partial charge >= 0.3 is 5.97 Å². The van der Waals surface area contributed by atoms with Crippen molar-refractivity contribution in [2.24, 2.45) is 0 Å². The molecule has 0 aromatic rings. The molecular weight excluding hydrogens is 136 g/mol. The number of esters is 1. The predicted molar refractivity (Wildman–Crippen MR) is 39.4 cm³/mol. The Kier molecular flexibility index (Phi) is 5.01. The lowest BCUT2D eigenvalue weighted by atomic mass is 10.5. The number of ether oxygens (including phenoxy) is 1. The van der Waals surface area contributed by atoms with Crippen LogP contribution in [0.5, 0.6) is 0 Å². The quantitative estimate of drug-likeness (QED) is 0.256. The first-order valence-corrected chi connectivity index (χ1v) is 3.01. The average molecular weight is 144 g/mol. The maximum absolute atomic E-state index is 10.3. The van der Waals surface area contributed by atoms with Gasteiger partial charge in [0.15, 0.2) is 0 Å². The van der Waals surface area contributed by atoms with Gasteiger partial charge in [0.25, 0.3) is 0 Å². The van der Waals surface area contributed by atoms with Crippen LogP contribution in [-0.2, 0) is 9.53 Å². The Labute approximate surface area is 59.5 Å². The van der Waals surface area contributed by atoms with Gasteiger partial charge in [-0.15, -0.1) is 0 Å². The van der Waals surface area contributed by atoms with Gasteiger partial charge in [0.1, 0.15) is 0 Å². The van der Waals surface area contributed by atoms with Crippen LogP contribution in [0, 0.1) is 0 Å². The van der Waals surface area contributed by atoms with Gasteiger partial charge in [0.2, 0.25) is 0 Å². The molecule has 0 saturated heterocycles. The van der Waals surface area contributed by atoms with Crippen LogP contribution in [-0.4, -0.2) is 17.9 Å². The first-order valence-electron chi connectivity index (χ1n) is 2.54. The zero-order chi connectivity index (χ0) is 7.11. The average Bonchev–Trinajstić information content (AvgIpc) is 1.89. The molecular formula is C6H8O2S. The van der Waals surface area contributed by atoms with Crippen LogP contribution < -0.4 is 0 Å². The molecule has 0 amide bonds. The molecule has 0 radical (unpaired) electrons. The summed E-state index contributed by atoms with van der Waals surface area (Å²) >= 11 is 4.50. The smallest absolute Gasteiger partial charge is 0.330 e. The normalized spacial score (nSPS) is 8.00. The number of rotatable bonds is 4. The summed E-state index contributed by atoms with van der Waals surface area (Å²) in [5, 5.41) is 1.52. The third kappa shape index (κ3) is 5.17. The first kappa shape index (κ1) is 8.30. The van der Waals surface area contributed by atoms with Crippen LogP contribution in [0.2, 0.25) is 0 Å². The van der Waals surface area contributed by atoms with E-state index in [2.05, 4.69) is 23.5 Å². The minimum absolute atomic E-state index is 0.356. The number of hydrogen-bond acceptors (Lipinski definition) is 3. The molecule has 9 heavy (non-hydrogen) atoms. The van der Waals surface area contributed by atoms with E-state index in [0.29, 0.717) is 13.0 Å². The van der Waals surface area contributed by atoms with Gasteiger partial charge in [-0.1, -0.05) is 18.8 Å². The van der Waals surface area contributed by atoms with Crippen molar-refractivity contribution in [1.82, 2.24) is 0 Å². The summed E-state index contributed by atoms with van der Waals surface area (Å²) in [6.07, 6.45) is 1.75. The lowest BCUT2D eigenvalue weighted by molar-refractivity contribution is -0.137. The van der Waals surface area contributed by atoms with Gasteiger partial charge < -0.3 is 4.74 Å². The van der Waals surface area contributed by atoms with Crippen molar-refractivity contribution in [2.75, 3.05) is 6.61 Å². The standard InChI is InChI=1S/C6H8O2S/c1-2-6(7)8-4-3-5-9/h2,5H,1,3-4H2. The molecule has 0 N–H and O–H groups in total. The summed E-state index contributed by atoms with van der Waals surface area (Å²) < 4.78 is 4.58. The molecule has 0 spiro atoms. The summed E-state index contributed by atoms with van der Waals surface area (Å²) in [6, 6.07) is 0. The Balaban J connectivity index is 3.16. The van der Waals surface area contributed by atoms with Crippen molar-refractivity contribution in [1.29, 1.82) is 0 Å². The van der Waals surface area contributed by atoms with E-state index in [0.717, 1.165) is 6.08 Å². The van der Waals surface area contributed by atoms with E-state index in [9.17, 15) is 4.79 Å². The molecule has 0 unspecified atom stereocenters.